The van der Waals surface area contributed by atoms with E-state index in [2.05, 4.69) is 10.3 Å². The van der Waals surface area contributed by atoms with E-state index in [0.29, 0.717) is 0 Å². The van der Waals surface area contributed by atoms with Crippen molar-refractivity contribution in [1.29, 1.82) is 0 Å². The molecule has 1 aromatic heterocycles. The molecule has 0 bridgehead atoms. The molecule has 0 amide bonds. The number of hydrogen-bond donors (Lipinski definition) is 2. The summed E-state index contributed by atoms with van der Waals surface area (Å²) in [4.78, 5) is 3.74. The molecule has 5 nitrogen and oxygen atoms in total. The van der Waals surface area contributed by atoms with Crippen LogP contribution < -0.4 is 10.0 Å². The first-order valence-corrected chi connectivity index (χ1v) is 7.45. The van der Waals surface area contributed by atoms with Crippen LogP contribution in [0, 0.1) is 18.6 Å². The van der Waals surface area contributed by atoms with Gasteiger partial charge in [-0.25, -0.2) is 13.8 Å². The number of halogens is 2. The molecular weight excluding hydrogens is 300 g/mol. The number of hydrogen-bond acceptors (Lipinski definition) is 4. The molecule has 0 fully saturated rings. The number of pyridine rings is 1. The topological polar surface area (TPSA) is 71.1 Å². The Hall–Kier alpha value is -2.22. The highest BCUT2D eigenvalue weighted by atomic mass is 32.2. The Morgan fingerprint density at radius 1 is 1.19 bits per heavy atom. The fraction of sp³-hybridized carbons (Fsp3) is 0.154. The van der Waals surface area contributed by atoms with Crippen molar-refractivity contribution in [3.8, 4) is 0 Å². The summed E-state index contributed by atoms with van der Waals surface area (Å²) in [6.45, 7) is 1.41. The Kier molecular flexibility index (Phi) is 4.08. The number of aryl methyl sites for hydroxylation is 1. The van der Waals surface area contributed by atoms with Gasteiger partial charge in [-0.2, -0.15) is 8.42 Å². The van der Waals surface area contributed by atoms with Gasteiger partial charge in [0.1, 0.15) is 11.5 Å². The Balaban J connectivity index is 2.50. The lowest BCUT2D eigenvalue weighted by Crippen LogP contribution is -2.18. The number of nitrogens with zero attached hydrogens (tertiary/aromatic N) is 1. The maximum absolute atomic E-state index is 13.9. The fourth-order valence-corrected chi connectivity index (χ4v) is 2.94. The average Bonchev–Trinajstić information content (AvgIpc) is 2.47. The molecule has 0 aliphatic rings. The van der Waals surface area contributed by atoms with Gasteiger partial charge in [-0.1, -0.05) is 6.07 Å². The lowest BCUT2D eigenvalue weighted by molar-refractivity contribution is 0.578. The molecule has 21 heavy (non-hydrogen) atoms. The van der Waals surface area contributed by atoms with E-state index in [1.54, 1.807) is 6.07 Å². The largest absolute Gasteiger partial charge is 0.386 e. The predicted molar refractivity (Wildman–Crippen MR) is 75.7 cm³/mol. The van der Waals surface area contributed by atoms with Gasteiger partial charge < -0.3 is 5.32 Å². The van der Waals surface area contributed by atoms with Gasteiger partial charge in [0, 0.05) is 13.2 Å². The smallest absolute Gasteiger partial charge is 0.281 e. The Morgan fingerprint density at radius 2 is 1.90 bits per heavy atom. The zero-order valence-corrected chi connectivity index (χ0v) is 12.1. The van der Waals surface area contributed by atoms with Gasteiger partial charge in [0.25, 0.3) is 10.0 Å². The second-order valence-corrected chi connectivity index (χ2v) is 5.86. The van der Waals surface area contributed by atoms with E-state index in [-0.39, 0.29) is 16.3 Å². The first-order valence-electron chi connectivity index (χ1n) is 5.97. The second-order valence-electron chi connectivity index (χ2n) is 4.26. The van der Waals surface area contributed by atoms with Gasteiger partial charge in [-0.3, -0.25) is 4.72 Å². The first kappa shape index (κ1) is 15.2. The summed E-state index contributed by atoms with van der Waals surface area (Å²) >= 11 is 0. The SMILES string of the molecule is CNc1cccnc1S(=O)(=O)Nc1c(F)ccc(C)c1F. The van der Waals surface area contributed by atoms with Crippen molar-refractivity contribution < 1.29 is 17.2 Å². The monoisotopic (exact) mass is 313 g/mol. The number of aromatic nitrogens is 1. The van der Waals surface area contributed by atoms with Gasteiger partial charge in [-0.15, -0.1) is 0 Å². The van der Waals surface area contributed by atoms with E-state index in [1.165, 1.54) is 32.3 Å². The van der Waals surface area contributed by atoms with Crippen LogP contribution in [0.5, 0.6) is 0 Å². The third-order valence-corrected chi connectivity index (χ3v) is 4.12. The van der Waals surface area contributed by atoms with E-state index in [4.69, 9.17) is 0 Å². The molecule has 0 radical (unpaired) electrons. The average molecular weight is 313 g/mol. The zero-order valence-electron chi connectivity index (χ0n) is 11.3. The highest BCUT2D eigenvalue weighted by Crippen LogP contribution is 2.26. The van der Waals surface area contributed by atoms with E-state index in [1.807, 2.05) is 4.72 Å². The number of anilines is 2. The van der Waals surface area contributed by atoms with Gasteiger partial charge in [0.15, 0.2) is 10.8 Å². The second kappa shape index (κ2) is 5.65. The molecule has 1 heterocycles. The van der Waals surface area contributed by atoms with Crippen molar-refractivity contribution in [2.45, 2.75) is 11.9 Å². The summed E-state index contributed by atoms with van der Waals surface area (Å²) in [5, 5.41) is 2.32. The van der Waals surface area contributed by atoms with Crippen molar-refractivity contribution in [3.05, 3.63) is 47.7 Å². The van der Waals surface area contributed by atoms with Crippen molar-refractivity contribution in [1.82, 2.24) is 4.98 Å². The first-order chi connectivity index (χ1) is 9.86. The molecule has 0 spiro atoms. The lowest BCUT2D eigenvalue weighted by atomic mass is 10.2. The summed E-state index contributed by atoms with van der Waals surface area (Å²) in [5.74, 6) is -1.95. The fourth-order valence-electron chi connectivity index (χ4n) is 1.73. The Morgan fingerprint density at radius 3 is 2.57 bits per heavy atom. The maximum atomic E-state index is 13.9. The number of rotatable bonds is 4. The van der Waals surface area contributed by atoms with Gasteiger partial charge in [-0.05, 0) is 30.7 Å². The van der Waals surface area contributed by atoms with E-state index in [9.17, 15) is 17.2 Å². The molecule has 0 aliphatic heterocycles. The van der Waals surface area contributed by atoms with E-state index < -0.39 is 27.3 Å². The van der Waals surface area contributed by atoms with Crippen LogP contribution in [-0.4, -0.2) is 20.4 Å². The molecule has 0 unspecified atom stereocenters. The number of benzene rings is 1. The highest BCUT2D eigenvalue weighted by molar-refractivity contribution is 7.92. The minimum Gasteiger partial charge on any atom is -0.386 e. The molecular formula is C13H13F2N3O2S. The Bertz CT molecular complexity index is 779. The molecule has 112 valence electrons. The standard InChI is InChI=1S/C13H13F2N3O2S/c1-8-5-6-9(14)12(11(8)15)18-21(19,20)13-10(16-2)4-3-7-17-13/h3-7,16,18H,1-2H3. The molecule has 0 saturated heterocycles. The van der Waals surface area contributed by atoms with Gasteiger partial charge >= 0.3 is 0 Å². The van der Waals surface area contributed by atoms with Crippen LogP contribution in [0.15, 0.2) is 35.5 Å². The molecule has 2 N–H and O–H groups in total. The van der Waals surface area contributed by atoms with Crippen LogP contribution in [0.4, 0.5) is 20.2 Å². The van der Waals surface area contributed by atoms with E-state index in [0.717, 1.165) is 6.07 Å². The molecule has 0 atom stereocenters. The van der Waals surface area contributed by atoms with Crippen LogP contribution in [-0.2, 0) is 10.0 Å². The normalized spacial score (nSPS) is 11.2. The summed E-state index contributed by atoms with van der Waals surface area (Å²) in [6, 6.07) is 5.25. The third kappa shape index (κ3) is 2.94. The van der Waals surface area contributed by atoms with Crippen LogP contribution >= 0.6 is 0 Å². The Labute approximate surface area is 121 Å². The minimum absolute atomic E-state index is 0.129. The maximum Gasteiger partial charge on any atom is 0.281 e. The van der Waals surface area contributed by atoms with Crippen molar-refractivity contribution >= 4 is 21.4 Å². The van der Waals surface area contributed by atoms with Crippen LogP contribution in [0.25, 0.3) is 0 Å². The van der Waals surface area contributed by atoms with Gasteiger partial charge in [0.2, 0.25) is 0 Å². The van der Waals surface area contributed by atoms with Crippen LogP contribution in [0.3, 0.4) is 0 Å². The molecule has 1 aromatic carbocycles. The summed E-state index contributed by atoms with van der Waals surface area (Å²) < 4.78 is 54.0. The van der Waals surface area contributed by atoms with Crippen molar-refractivity contribution in [3.63, 3.8) is 0 Å². The summed E-state index contributed by atoms with van der Waals surface area (Å²) in [5.41, 5.74) is -0.370. The lowest BCUT2D eigenvalue weighted by Gasteiger charge is -2.12. The third-order valence-electron chi connectivity index (χ3n) is 2.82. The minimum atomic E-state index is -4.22. The number of sulfonamides is 1. The molecule has 8 heteroatoms. The molecule has 2 rings (SSSR count). The summed E-state index contributed by atoms with van der Waals surface area (Å²) in [6.07, 6.45) is 1.28. The predicted octanol–water partition coefficient (Wildman–Crippen LogP) is 2.51. The van der Waals surface area contributed by atoms with Crippen LogP contribution in [0.2, 0.25) is 0 Å². The van der Waals surface area contributed by atoms with Crippen molar-refractivity contribution in [2.24, 2.45) is 0 Å². The molecule has 2 aromatic rings. The molecule has 0 aliphatic carbocycles. The zero-order chi connectivity index (χ0) is 15.6. The van der Waals surface area contributed by atoms with Crippen molar-refractivity contribution in [2.75, 3.05) is 17.1 Å². The van der Waals surface area contributed by atoms with Gasteiger partial charge in [0.05, 0.1) is 5.69 Å². The number of nitrogens with one attached hydrogen (secondary N) is 2. The summed E-state index contributed by atoms with van der Waals surface area (Å²) in [7, 11) is -2.70. The highest BCUT2D eigenvalue weighted by Gasteiger charge is 2.23. The van der Waals surface area contributed by atoms with Crippen LogP contribution in [0.1, 0.15) is 5.56 Å². The molecule has 0 saturated carbocycles. The van der Waals surface area contributed by atoms with E-state index >= 15 is 0 Å². The quantitative estimate of drug-likeness (QED) is 0.910.